The molecule has 0 aliphatic heterocycles. The minimum atomic E-state index is -3.60. The van der Waals surface area contributed by atoms with E-state index in [2.05, 4.69) is 9.44 Å². The quantitative estimate of drug-likeness (QED) is 0.671. The zero-order valence-corrected chi connectivity index (χ0v) is 7.78. The van der Waals surface area contributed by atoms with E-state index in [9.17, 15) is 13.5 Å². The highest BCUT2D eigenvalue weighted by atomic mass is 32.2. The van der Waals surface area contributed by atoms with Gasteiger partial charge in [-0.15, -0.1) is 0 Å². The fourth-order valence-corrected chi connectivity index (χ4v) is 0.962. The van der Waals surface area contributed by atoms with Crippen LogP contribution in [0.3, 0.4) is 0 Å². The van der Waals surface area contributed by atoms with E-state index in [0.717, 1.165) is 6.26 Å². The maximum Gasteiger partial charge on any atom is 0.325 e. The van der Waals surface area contributed by atoms with Crippen LogP contribution in [0.2, 0.25) is 0 Å². The van der Waals surface area contributed by atoms with Gasteiger partial charge in [-0.2, -0.15) is 8.42 Å². The molecule has 0 aromatic rings. The molecule has 0 amide bonds. The van der Waals surface area contributed by atoms with Gasteiger partial charge in [0.15, 0.2) is 0 Å². The van der Waals surface area contributed by atoms with Gasteiger partial charge in [-0.25, -0.2) is 0 Å². The first-order valence-corrected chi connectivity index (χ1v) is 5.32. The van der Waals surface area contributed by atoms with E-state index in [0.29, 0.717) is 6.42 Å². The third-order valence-corrected chi connectivity index (χ3v) is 1.63. The predicted molar refractivity (Wildman–Crippen MR) is 47.8 cm³/mol. The SMILES string of the molecule is CS(=O)(=O)ON=C1CC=CC=C1O. The molecule has 6 heteroatoms. The Labute approximate surface area is 76.1 Å². The standard InChI is InChI=1S/C7H9NO4S/c1-13(10,11)12-8-6-4-2-3-5-7(6)9/h2-3,5,9H,4H2,1H3. The van der Waals surface area contributed by atoms with Crippen LogP contribution in [0.15, 0.2) is 29.1 Å². The summed E-state index contributed by atoms with van der Waals surface area (Å²) >= 11 is 0. The molecule has 0 aromatic carbocycles. The molecule has 1 aliphatic carbocycles. The van der Waals surface area contributed by atoms with Crippen LogP contribution >= 0.6 is 0 Å². The summed E-state index contributed by atoms with van der Waals surface area (Å²) in [4.78, 5) is 0. The van der Waals surface area contributed by atoms with Crippen LogP contribution in [0, 0.1) is 0 Å². The molecule has 72 valence electrons. The highest BCUT2D eigenvalue weighted by Crippen LogP contribution is 2.07. The van der Waals surface area contributed by atoms with Gasteiger partial charge in [0.05, 0.1) is 6.26 Å². The molecule has 0 fully saturated rings. The first-order valence-electron chi connectivity index (χ1n) is 3.51. The van der Waals surface area contributed by atoms with E-state index in [1.165, 1.54) is 6.08 Å². The molecule has 0 spiro atoms. The van der Waals surface area contributed by atoms with Gasteiger partial charge in [0.1, 0.15) is 11.5 Å². The van der Waals surface area contributed by atoms with Crippen molar-refractivity contribution in [2.75, 3.05) is 6.26 Å². The number of allylic oxidation sites excluding steroid dienone is 4. The Morgan fingerprint density at radius 1 is 1.62 bits per heavy atom. The number of rotatable bonds is 2. The average Bonchev–Trinajstić information content (AvgIpc) is 2.01. The number of hydrogen-bond acceptors (Lipinski definition) is 5. The summed E-state index contributed by atoms with van der Waals surface area (Å²) in [6.07, 6.45) is 6.03. The maximum atomic E-state index is 10.5. The molecule has 0 bridgehead atoms. The van der Waals surface area contributed by atoms with Crippen molar-refractivity contribution in [3.8, 4) is 0 Å². The molecule has 0 unspecified atom stereocenters. The van der Waals surface area contributed by atoms with E-state index in [1.54, 1.807) is 12.2 Å². The maximum absolute atomic E-state index is 10.5. The van der Waals surface area contributed by atoms with Crippen molar-refractivity contribution in [3.63, 3.8) is 0 Å². The molecular weight excluding hydrogens is 194 g/mol. The van der Waals surface area contributed by atoms with Crippen LogP contribution in [-0.4, -0.2) is 25.5 Å². The Hall–Kier alpha value is -1.30. The van der Waals surface area contributed by atoms with Crippen molar-refractivity contribution >= 4 is 15.8 Å². The molecule has 0 saturated heterocycles. The van der Waals surface area contributed by atoms with Crippen molar-refractivity contribution in [1.29, 1.82) is 0 Å². The van der Waals surface area contributed by atoms with Crippen molar-refractivity contribution in [3.05, 3.63) is 24.0 Å². The second-order valence-electron chi connectivity index (χ2n) is 2.50. The largest absolute Gasteiger partial charge is 0.506 e. The third-order valence-electron chi connectivity index (χ3n) is 1.28. The Morgan fingerprint density at radius 2 is 2.31 bits per heavy atom. The Balaban J connectivity index is 2.74. The normalized spacial score (nSPS) is 20.1. The van der Waals surface area contributed by atoms with E-state index in [4.69, 9.17) is 0 Å². The van der Waals surface area contributed by atoms with Gasteiger partial charge < -0.3 is 5.11 Å². The molecule has 0 heterocycles. The van der Waals surface area contributed by atoms with Gasteiger partial charge in [0.2, 0.25) is 0 Å². The highest BCUT2D eigenvalue weighted by Gasteiger charge is 2.09. The molecule has 0 radical (unpaired) electrons. The molecule has 1 rings (SSSR count). The van der Waals surface area contributed by atoms with E-state index < -0.39 is 10.1 Å². The first kappa shape index (κ1) is 9.79. The van der Waals surface area contributed by atoms with Gasteiger partial charge in [-0.3, -0.25) is 4.28 Å². The summed E-state index contributed by atoms with van der Waals surface area (Å²) < 4.78 is 25.2. The number of oxime groups is 1. The zero-order chi connectivity index (χ0) is 9.90. The Bertz CT molecular complexity index is 377. The number of aliphatic hydroxyl groups is 1. The topological polar surface area (TPSA) is 76.0 Å². The van der Waals surface area contributed by atoms with Crippen LogP contribution in [0.1, 0.15) is 6.42 Å². The summed E-state index contributed by atoms with van der Waals surface area (Å²) in [7, 11) is -3.60. The lowest BCUT2D eigenvalue weighted by Crippen LogP contribution is -2.07. The molecule has 0 saturated carbocycles. The molecule has 5 nitrogen and oxygen atoms in total. The van der Waals surface area contributed by atoms with Crippen LogP contribution < -0.4 is 0 Å². The minimum absolute atomic E-state index is 0.0776. The van der Waals surface area contributed by atoms with Gasteiger partial charge in [-0.1, -0.05) is 17.3 Å². The van der Waals surface area contributed by atoms with Crippen LogP contribution in [0.4, 0.5) is 0 Å². The summed E-state index contributed by atoms with van der Waals surface area (Å²) in [5, 5.41) is 12.5. The van der Waals surface area contributed by atoms with Gasteiger partial charge >= 0.3 is 10.1 Å². The summed E-state index contributed by atoms with van der Waals surface area (Å²) in [5.74, 6) is -0.0776. The van der Waals surface area contributed by atoms with Gasteiger partial charge in [0.25, 0.3) is 0 Å². The van der Waals surface area contributed by atoms with Crippen LogP contribution in [0.5, 0.6) is 0 Å². The van der Waals surface area contributed by atoms with E-state index in [-0.39, 0.29) is 11.5 Å². The molecule has 0 atom stereocenters. The second kappa shape index (κ2) is 3.61. The lowest BCUT2D eigenvalue weighted by Gasteiger charge is -2.04. The summed E-state index contributed by atoms with van der Waals surface area (Å²) in [6, 6.07) is 0. The van der Waals surface area contributed by atoms with Crippen molar-refractivity contribution in [2.24, 2.45) is 5.16 Å². The van der Waals surface area contributed by atoms with Gasteiger partial charge in [0, 0.05) is 6.42 Å². The highest BCUT2D eigenvalue weighted by molar-refractivity contribution is 7.85. The Morgan fingerprint density at radius 3 is 2.85 bits per heavy atom. The van der Waals surface area contributed by atoms with Crippen LogP contribution in [0.25, 0.3) is 0 Å². The molecule has 0 aromatic heterocycles. The minimum Gasteiger partial charge on any atom is -0.506 e. The number of aliphatic hydroxyl groups excluding tert-OH is 1. The van der Waals surface area contributed by atoms with Crippen molar-refractivity contribution in [1.82, 2.24) is 0 Å². The van der Waals surface area contributed by atoms with Gasteiger partial charge in [-0.05, 0) is 6.08 Å². The number of hydrogen-bond donors (Lipinski definition) is 1. The predicted octanol–water partition coefficient (Wildman–Crippen LogP) is 0.720. The Kier molecular flexibility index (Phi) is 2.72. The molecular formula is C7H9NO4S. The zero-order valence-electron chi connectivity index (χ0n) is 6.97. The van der Waals surface area contributed by atoms with Crippen LogP contribution in [-0.2, 0) is 14.4 Å². The summed E-state index contributed by atoms with van der Waals surface area (Å²) in [5.41, 5.74) is 0.202. The summed E-state index contributed by atoms with van der Waals surface area (Å²) in [6.45, 7) is 0. The fourth-order valence-electron chi connectivity index (χ4n) is 0.736. The van der Waals surface area contributed by atoms with E-state index in [1.807, 2.05) is 0 Å². The van der Waals surface area contributed by atoms with E-state index >= 15 is 0 Å². The monoisotopic (exact) mass is 203 g/mol. The average molecular weight is 203 g/mol. The third kappa shape index (κ3) is 3.29. The lowest BCUT2D eigenvalue weighted by atomic mass is 10.1. The van der Waals surface area contributed by atoms with Crippen molar-refractivity contribution < 1.29 is 17.8 Å². The number of nitrogens with zero attached hydrogens (tertiary/aromatic N) is 1. The molecule has 1 aliphatic rings. The molecule has 1 N–H and O–H groups in total. The fraction of sp³-hybridized carbons (Fsp3) is 0.286. The first-order chi connectivity index (χ1) is 5.99. The second-order valence-corrected chi connectivity index (χ2v) is 4.06. The lowest BCUT2D eigenvalue weighted by molar-refractivity contribution is 0.338. The van der Waals surface area contributed by atoms with Crippen molar-refractivity contribution in [2.45, 2.75) is 6.42 Å². The smallest absolute Gasteiger partial charge is 0.325 e. The molecule has 13 heavy (non-hydrogen) atoms.